The molecule has 12 heteroatoms. The van der Waals surface area contributed by atoms with Crippen molar-refractivity contribution >= 4 is 46.3 Å². The number of aromatic nitrogens is 6. The van der Waals surface area contributed by atoms with Crippen molar-refractivity contribution in [1.82, 2.24) is 34.7 Å². The van der Waals surface area contributed by atoms with Crippen LogP contribution in [0.2, 0.25) is 10.2 Å². The van der Waals surface area contributed by atoms with Gasteiger partial charge in [-0.15, -0.1) is 5.10 Å². The highest BCUT2D eigenvalue weighted by molar-refractivity contribution is 6.31. The number of nitrogens with zero attached hydrogens (tertiary/aromatic N) is 7. The van der Waals surface area contributed by atoms with Gasteiger partial charge in [-0.3, -0.25) is 14.3 Å². The number of fused-ring (bicyclic) bond motifs is 4. The molecule has 1 N–H and O–H groups in total. The zero-order chi connectivity index (χ0) is 28.7. The average molecular weight is 592 g/mol. The molecule has 0 saturated carbocycles. The fourth-order valence-electron chi connectivity index (χ4n) is 5.57. The van der Waals surface area contributed by atoms with Gasteiger partial charge in [0.15, 0.2) is 5.15 Å². The van der Waals surface area contributed by atoms with Crippen molar-refractivity contribution in [2.75, 3.05) is 11.9 Å². The molecule has 2 unspecified atom stereocenters. The first-order valence-electron chi connectivity index (χ1n) is 13.5. The highest BCUT2D eigenvalue weighted by Crippen LogP contribution is 2.36. The standard InChI is InChI=1S/C29H28Cl2N8O2/c1-17-5-3-8-25(21-6-4-7-22(33-21)28-23(34-29(17)41)15-32-37(28)2)38-12-11-18(13-27(38)40)20-14-19(30)9-10-24(20)39-16-26(31)35-36-39/h4,6-7,9-10,13-17,25H,3,5,8,11-12H2,1-2H3,(H,34,41). The van der Waals surface area contributed by atoms with Crippen LogP contribution in [0.5, 0.6) is 0 Å². The summed E-state index contributed by atoms with van der Waals surface area (Å²) in [5.41, 5.74) is 5.23. The second kappa shape index (κ2) is 11.1. The number of pyridine rings is 1. The largest absolute Gasteiger partial charge is 0.330 e. The van der Waals surface area contributed by atoms with E-state index in [1.807, 2.05) is 49.2 Å². The molecule has 0 aliphatic carbocycles. The topological polar surface area (TPSA) is 111 Å². The fourth-order valence-corrected chi connectivity index (χ4v) is 5.87. The van der Waals surface area contributed by atoms with Crippen LogP contribution in [0.15, 0.2) is 54.9 Å². The summed E-state index contributed by atoms with van der Waals surface area (Å²) < 4.78 is 3.29. The summed E-state index contributed by atoms with van der Waals surface area (Å²) in [7, 11) is 1.82. The third kappa shape index (κ3) is 5.37. The summed E-state index contributed by atoms with van der Waals surface area (Å²) in [6.07, 6.45) is 7.68. The van der Waals surface area contributed by atoms with Gasteiger partial charge in [0.2, 0.25) is 11.8 Å². The Kier molecular flexibility index (Phi) is 7.35. The maximum absolute atomic E-state index is 13.8. The van der Waals surface area contributed by atoms with Crippen LogP contribution in [0.1, 0.15) is 49.9 Å². The molecule has 2 atom stereocenters. The second-order valence-corrected chi connectivity index (χ2v) is 11.2. The summed E-state index contributed by atoms with van der Waals surface area (Å²) in [5.74, 6) is -0.352. The number of nitrogens with one attached hydrogen (secondary N) is 1. The maximum Gasteiger partial charge on any atom is 0.247 e. The zero-order valence-electron chi connectivity index (χ0n) is 22.6. The SMILES string of the molecule is CC1CCCC(N2CCC(c3cc(Cl)ccc3-n3cc(Cl)nn3)=CC2=O)c2cccc(n2)-c2c(cnn2C)NC1=O. The van der Waals surface area contributed by atoms with Gasteiger partial charge in [-0.1, -0.05) is 47.8 Å². The van der Waals surface area contributed by atoms with Crippen LogP contribution in [0, 0.1) is 5.92 Å². The molecule has 0 spiro atoms. The fraction of sp³-hybridized carbons (Fsp3) is 0.310. The summed E-state index contributed by atoms with van der Waals surface area (Å²) in [6, 6.07) is 11.0. The molecule has 1 aromatic carbocycles. The van der Waals surface area contributed by atoms with E-state index in [1.165, 1.54) is 0 Å². The highest BCUT2D eigenvalue weighted by atomic mass is 35.5. The van der Waals surface area contributed by atoms with Crippen molar-refractivity contribution in [2.45, 2.75) is 38.6 Å². The minimum absolute atomic E-state index is 0.0554. The van der Waals surface area contributed by atoms with E-state index in [1.54, 1.807) is 33.9 Å². The number of halogens is 2. The number of benzene rings is 1. The lowest BCUT2D eigenvalue weighted by Crippen LogP contribution is -2.38. The van der Waals surface area contributed by atoms with Gasteiger partial charge in [0.25, 0.3) is 0 Å². The molecule has 0 radical (unpaired) electrons. The van der Waals surface area contributed by atoms with Crippen LogP contribution >= 0.6 is 23.2 Å². The van der Waals surface area contributed by atoms with Crippen molar-refractivity contribution in [3.05, 3.63) is 76.3 Å². The highest BCUT2D eigenvalue weighted by Gasteiger charge is 2.31. The number of aryl methyl sites for hydroxylation is 1. The summed E-state index contributed by atoms with van der Waals surface area (Å²) in [6.45, 7) is 2.42. The number of hydrogen-bond donors (Lipinski definition) is 1. The van der Waals surface area contributed by atoms with Crippen molar-refractivity contribution < 1.29 is 9.59 Å². The molecule has 0 saturated heterocycles. The van der Waals surface area contributed by atoms with Crippen molar-refractivity contribution in [2.24, 2.45) is 13.0 Å². The molecule has 6 rings (SSSR count). The Labute approximate surface area is 247 Å². The molecule has 2 aliphatic heterocycles. The van der Waals surface area contributed by atoms with Crippen LogP contribution in [-0.2, 0) is 16.6 Å². The molecule has 2 amide bonds. The summed E-state index contributed by atoms with van der Waals surface area (Å²) in [5, 5.41) is 16.2. The van der Waals surface area contributed by atoms with E-state index in [-0.39, 0.29) is 28.9 Å². The Balaban J connectivity index is 1.36. The van der Waals surface area contributed by atoms with Crippen LogP contribution in [0.25, 0.3) is 22.6 Å². The molecule has 4 aromatic rings. The Morgan fingerprint density at radius 3 is 2.73 bits per heavy atom. The molecule has 10 nitrogen and oxygen atoms in total. The molecular weight excluding hydrogens is 563 g/mol. The smallest absolute Gasteiger partial charge is 0.247 e. The third-order valence-corrected chi connectivity index (χ3v) is 8.12. The van der Waals surface area contributed by atoms with Gasteiger partial charge in [0.05, 0.1) is 41.2 Å². The quantitative estimate of drug-likeness (QED) is 0.338. The summed E-state index contributed by atoms with van der Waals surface area (Å²) in [4.78, 5) is 33.6. The Morgan fingerprint density at radius 1 is 1.10 bits per heavy atom. The Hall–Kier alpha value is -4.02. The molecular formula is C29H28Cl2N8O2. The monoisotopic (exact) mass is 590 g/mol. The van der Waals surface area contributed by atoms with E-state index in [2.05, 4.69) is 20.7 Å². The van der Waals surface area contributed by atoms with Gasteiger partial charge in [-0.25, -0.2) is 9.67 Å². The van der Waals surface area contributed by atoms with E-state index >= 15 is 0 Å². The lowest BCUT2D eigenvalue weighted by Gasteiger charge is -2.34. The predicted molar refractivity (Wildman–Crippen MR) is 157 cm³/mol. The number of rotatable bonds is 3. The average Bonchev–Trinajstić information content (AvgIpc) is 3.55. The molecule has 41 heavy (non-hydrogen) atoms. The van der Waals surface area contributed by atoms with E-state index < -0.39 is 0 Å². The van der Waals surface area contributed by atoms with Gasteiger partial charge < -0.3 is 10.2 Å². The van der Waals surface area contributed by atoms with Crippen LogP contribution in [0.4, 0.5) is 5.69 Å². The van der Waals surface area contributed by atoms with Crippen LogP contribution in [0.3, 0.4) is 0 Å². The number of carbonyl (C=O) groups excluding carboxylic acids is 2. The minimum atomic E-state index is -0.250. The zero-order valence-corrected chi connectivity index (χ0v) is 24.1. The third-order valence-electron chi connectivity index (χ3n) is 7.71. The predicted octanol–water partition coefficient (Wildman–Crippen LogP) is 5.49. The Morgan fingerprint density at radius 2 is 1.95 bits per heavy atom. The normalized spacial score (nSPS) is 19.6. The van der Waals surface area contributed by atoms with Gasteiger partial charge in [-0.05, 0) is 55.2 Å². The van der Waals surface area contributed by atoms with Gasteiger partial charge in [0, 0.05) is 36.2 Å². The molecule has 2 bridgehead atoms. The van der Waals surface area contributed by atoms with Gasteiger partial charge in [-0.2, -0.15) is 5.10 Å². The molecule has 3 aromatic heterocycles. The molecule has 0 fully saturated rings. The van der Waals surface area contributed by atoms with E-state index in [4.69, 9.17) is 28.2 Å². The molecule has 210 valence electrons. The maximum atomic E-state index is 13.8. The second-order valence-electron chi connectivity index (χ2n) is 10.4. The minimum Gasteiger partial charge on any atom is -0.330 e. The van der Waals surface area contributed by atoms with E-state index in [0.29, 0.717) is 42.2 Å². The first-order valence-corrected chi connectivity index (χ1v) is 14.2. The van der Waals surface area contributed by atoms with Crippen LogP contribution in [-0.4, -0.2) is 53.0 Å². The number of amides is 2. The number of hydrogen-bond acceptors (Lipinski definition) is 6. The van der Waals surface area contributed by atoms with E-state index in [9.17, 15) is 9.59 Å². The lowest BCUT2D eigenvalue weighted by atomic mass is 9.93. The van der Waals surface area contributed by atoms with Crippen molar-refractivity contribution in [3.63, 3.8) is 0 Å². The first kappa shape index (κ1) is 27.2. The first-order chi connectivity index (χ1) is 19.8. The molecule has 5 heterocycles. The summed E-state index contributed by atoms with van der Waals surface area (Å²) >= 11 is 12.4. The number of carbonyl (C=O) groups is 2. The Bertz CT molecular complexity index is 1680. The lowest BCUT2D eigenvalue weighted by molar-refractivity contribution is -0.129. The number of anilines is 1. The molecule has 2 aliphatic rings. The van der Waals surface area contributed by atoms with E-state index in [0.717, 1.165) is 34.6 Å². The van der Waals surface area contributed by atoms with Crippen LogP contribution < -0.4 is 5.32 Å². The van der Waals surface area contributed by atoms with Crippen molar-refractivity contribution in [3.8, 4) is 17.1 Å². The van der Waals surface area contributed by atoms with Crippen molar-refractivity contribution in [1.29, 1.82) is 0 Å². The van der Waals surface area contributed by atoms with Gasteiger partial charge >= 0.3 is 0 Å². The van der Waals surface area contributed by atoms with Gasteiger partial charge in [0.1, 0.15) is 5.69 Å².